The minimum absolute atomic E-state index is 0.645. The summed E-state index contributed by atoms with van der Waals surface area (Å²) in [5.74, 6) is 1.73. The third-order valence-electron chi connectivity index (χ3n) is 2.64. The number of aliphatic hydroxyl groups excluding tert-OH is 1. The minimum atomic E-state index is -0.645. The summed E-state index contributed by atoms with van der Waals surface area (Å²) in [4.78, 5) is 4.25. The average molecular weight is 248 g/mol. The zero-order valence-electron chi connectivity index (χ0n) is 9.78. The van der Waals surface area contributed by atoms with E-state index in [9.17, 15) is 5.11 Å². The van der Waals surface area contributed by atoms with Crippen LogP contribution in [0.4, 0.5) is 0 Å². The predicted molar refractivity (Wildman–Crippen MR) is 71.1 cm³/mol. The molecule has 0 unspecified atom stereocenters. The van der Waals surface area contributed by atoms with E-state index in [1.807, 2.05) is 41.1 Å². The molecule has 4 heteroatoms. The summed E-state index contributed by atoms with van der Waals surface area (Å²) in [5.41, 5.74) is 0.879. The van der Waals surface area contributed by atoms with Crippen LogP contribution in [0.2, 0.25) is 0 Å². The summed E-state index contributed by atoms with van der Waals surface area (Å²) in [6.45, 7) is 0.875. The number of aromatic nitrogens is 2. The van der Waals surface area contributed by atoms with Crippen LogP contribution in [0.25, 0.3) is 0 Å². The lowest BCUT2D eigenvalue weighted by atomic mass is 10.1. The number of hydrogen-bond donors (Lipinski definition) is 1. The molecular formula is C13H16N2OS. The van der Waals surface area contributed by atoms with Gasteiger partial charge in [0.05, 0.1) is 0 Å². The summed E-state index contributed by atoms with van der Waals surface area (Å²) < 4.78 is 2.01. The Balaban J connectivity index is 2.19. The molecule has 0 aliphatic rings. The topological polar surface area (TPSA) is 38.0 Å². The smallest absolute Gasteiger partial charge is 0.142 e. The molecule has 0 saturated heterocycles. The number of aliphatic hydroxyl groups is 1. The average Bonchev–Trinajstić information content (AvgIpc) is 2.84. The predicted octanol–water partition coefficient (Wildman–Crippen LogP) is 2.33. The van der Waals surface area contributed by atoms with Gasteiger partial charge in [-0.1, -0.05) is 30.3 Å². The molecule has 1 aromatic heterocycles. The fourth-order valence-electron chi connectivity index (χ4n) is 1.73. The van der Waals surface area contributed by atoms with E-state index in [-0.39, 0.29) is 0 Å². The highest BCUT2D eigenvalue weighted by atomic mass is 32.2. The van der Waals surface area contributed by atoms with Gasteiger partial charge in [0.2, 0.25) is 0 Å². The van der Waals surface area contributed by atoms with Crippen molar-refractivity contribution in [1.29, 1.82) is 0 Å². The van der Waals surface area contributed by atoms with Crippen molar-refractivity contribution in [3.05, 3.63) is 54.1 Å². The van der Waals surface area contributed by atoms with Crippen LogP contribution in [0.3, 0.4) is 0 Å². The van der Waals surface area contributed by atoms with Crippen molar-refractivity contribution >= 4 is 11.8 Å². The molecule has 17 heavy (non-hydrogen) atoms. The Kier molecular flexibility index (Phi) is 4.23. The monoisotopic (exact) mass is 248 g/mol. The number of hydrogen-bond acceptors (Lipinski definition) is 3. The largest absolute Gasteiger partial charge is 0.380 e. The number of rotatable bonds is 5. The van der Waals surface area contributed by atoms with E-state index in [2.05, 4.69) is 11.2 Å². The zero-order valence-corrected chi connectivity index (χ0v) is 10.6. The van der Waals surface area contributed by atoms with E-state index in [1.165, 1.54) is 0 Å². The first kappa shape index (κ1) is 12.2. The Morgan fingerprint density at radius 1 is 1.35 bits per heavy atom. The number of benzene rings is 1. The van der Waals surface area contributed by atoms with Gasteiger partial charge in [0.25, 0.3) is 0 Å². The van der Waals surface area contributed by atoms with E-state index < -0.39 is 6.10 Å². The molecule has 90 valence electrons. The van der Waals surface area contributed by atoms with Crippen molar-refractivity contribution in [3.63, 3.8) is 0 Å². The van der Waals surface area contributed by atoms with Crippen LogP contribution in [0.5, 0.6) is 0 Å². The van der Waals surface area contributed by atoms with E-state index in [0.29, 0.717) is 5.82 Å². The standard InChI is InChI=1S/C13H16N2OS/c1-17-10-9-15-8-7-14-13(15)12(16)11-5-3-2-4-6-11/h2-8,12,16H,9-10H2,1H3/t12-/m0/s1. The summed E-state index contributed by atoms with van der Waals surface area (Å²) in [6.07, 6.45) is 5.08. The van der Waals surface area contributed by atoms with Gasteiger partial charge in [0.1, 0.15) is 11.9 Å². The van der Waals surface area contributed by atoms with Crippen molar-refractivity contribution in [2.75, 3.05) is 12.0 Å². The molecule has 0 aliphatic carbocycles. The van der Waals surface area contributed by atoms with Crippen LogP contribution in [0.1, 0.15) is 17.5 Å². The van der Waals surface area contributed by atoms with Gasteiger partial charge in [-0.25, -0.2) is 4.98 Å². The highest BCUT2D eigenvalue weighted by Crippen LogP contribution is 2.20. The minimum Gasteiger partial charge on any atom is -0.380 e. The Labute approximate surface area is 106 Å². The van der Waals surface area contributed by atoms with Crippen LogP contribution < -0.4 is 0 Å². The van der Waals surface area contributed by atoms with Crippen molar-refractivity contribution in [1.82, 2.24) is 9.55 Å². The molecule has 1 atom stereocenters. The van der Waals surface area contributed by atoms with Gasteiger partial charge in [-0.05, 0) is 11.8 Å². The third-order valence-corrected chi connectivity index (χ3v) is 3.23. The van der Waals surface area contributed by atoms with Crippen LogP contribution in [-0.4, -0.2) is 26.7 Å². The highest BCUT2D eigenvalue weighted by Gasteiger charge is 2.15. The lowest BCUT2D eigenvalue weighted by molar-refractivity contribution is 0.205. The number of imidazole rings is 1. The first-order valence-corrected chi connectivity index (χ1v) is 6.95. The molecule has 1 heterocycles. The molecule has 0 saturated carbocycles. The molecule has 0 aliphatic heterocycles. The van der Waals surface area contributed by atoms with Crippen LogP contribution >= 0.6 is 11.8 Å². The van der Waals surface area contributed by atoms with Gasteiger partial charge in [-0.15, -0.1) is 0 Å². The molecule has 1 aromatic carbocycles. The van der Waals surface area contributed by atoms with E-state index in [4.69, 9.17) is 0 Å². The van der Waals surface area contributed by atoms with Gasteiger partial charge in [-0.2, -0.15) is 11.8 Å². The summed E-state index contributed by atoms with van der Waals surface area (Å²) in [7, 11) is 0. The number of aryl methyl sites for hydroxylation is 1. The summed E-state index contributed by atoms with van der Waals surface area (Å²) >= 11 is 1.79. The van der Waals surface area contributed by atoms with Crippen LogP contribution in [0, 0.1) is 0 Å². The van der Waals surface area contributed by atoms with Gasteiger partial charge in [0, 0.05) is 24.7 Å². The Morgan fingerprint density at radius 2 is 2.12 bits per heavy atom. The second kappa shape index (κ2) is 5.89. The maximum absolute atomic E-state index is 10.3. The van der Waals surface area contributed by atoms with Crippen LogP contribution in [-0.2, 0) is 6.54 Å². The van der Waals surface area contributed by atoms with Gasteiger partial charge < -0.3 is 9.67 Å². The Bertz CT molecular complexity index is 455. The molecule has 3 nitrogen and oxygen atoms in total. The van der Waals surface area contributed by atoms with Crippen molar-refractivity contribution < 1.29 is 5.11 Å². The second-order valence-corrected chi connectivity index (χ2v) is 4.77. The molecule has 0 amide bonds. The first-order chi connectivity index (χ1) is 8.33. The molecular weight excluding hydrogens is 232 g/mol. The van der Waals surface area contributed by atoms with Crippen molar-refractivity contribution in [3.8, 4) is 0 Å². The molecule has 1 N–H and O–H groups in total. The normalized spacial score (nSPS) is 12.6. The van der Waals surface area contributed by atoms with E-state index >= 15 is 0 Å². The van der Waals surface area contributed by atoms with Gasteiger partial charge in [0.15, 0.2) is 0 Å². The summed E-state index contributed by atoms with van der Waals surface area (Å²) in [6, 6.07) is 9.62. The SMILES string of the molecule is CSCCn1ccnc1[C@@H](O)c1ccccc1. The molecule has 0 radical (unpaired) electrons. The quantitative estimate of drug-likeness (QED) is 0.882. The highest BCUT2D eigenvalue weighted by molar-refractivity contribution is 7.98. The summed E-state index contributed by atoms with van der Waals surface area (Å²) in [5, 5.41) is 10.3. The lowest BCUT2D eigenvalue weighted by Crippen LogP contribution is -2.10. The molecule has 2 aromatic rings. The van der Waals surface area contributed by atoms with Crippen molar-refractivity contribution in [2.45, 2.75) is 12.6 Å². The van der Waals surface area contributed by atoms with Crippen molar-refractivity contribution in [2.24, 2.45) is 0 Å². The Morgan fingerprint density at radius 3 is 2.82 bits per heavy atom. The fraction of sp³-hybridized carbons (Fsp3) is 0.308. The Hall–Kier alpha value is -1.26. The maximum Gasteiger partial charge on any atom is 0.142 e. The van der Waals surface area contributed by atoms with Crippen LogP contribution in [0.15, 0.2) is 42.7 Å². The fourth-order valence-corrected chi connectivity index (χ4v) is 2.11. The molecule has 2 rings (SSSR count). The lowest BCUT2D eigenvalue weighted by Gasteiger charge is -2.13. The molecule has 0 bridgehead atoms. The number of thioether (sulfide) groups is 1. The van der Waals surface area contributed by atoms with Gasteiger partial charge in [-0.3, -0.25) is 0 Å². The number of nitrogens with zero attached hydrogens (tertiary/aromatic N) is 2. The second-order valence-electron chi connectivity index (χ2n) is 3.78. The first-order valence-electron chi connectivity index (χ1n) is 5.56. The molecule has 0 fully saturated rings. The van der Waals surface area contributed by atoms with E-state index in [1.54, 1.807) is 18.0 Å². The zero-order chi connectivity index (χ0) is 12.1. The molecule has 0 spiro atoms. The van der Waals surface area contributed by atoms with E-state index in [0.717, 1.165) is 17.9 Å². The maximum atomic E-state index is 10.3. The third kappa shape index (κ3) is 2.90. The van der Waals surface area contributed by atoms with Gasteiger partial charge >= 0.3 is 0 Å².